The lowest BCUT2D eigenvalue weighted by atomic mass is 10.0. The highest BCUT2D eigenvalue weighted by atomic mass is 32.1. The first-order valence-electron chi connectivity index (χ1n) is 7.61. The number of thiophene rings is 1. The second-order valence-electron chi connectivity index (χ2n) is 6.14. The van der Waals surface area contributed by atoms with Crippen molar-refractivity contribution in [3.63, 3.8) is 0 Å². The van der Waals surface area contributed by atoms with Crippen LogP contribution in [0.5, 0.6) is 0 Å². The van der Waals surface area contributed by atoms with Crippen molar-refractivity contribution < 1.29 is 18.0 Å². The van der Waals surface area contributed by atoms with Gasteiger partial charge in [0.25, 0.3) is 5.91 Å². The number of pyridine rings is 1. The van der Waals surface area contributed by atoms with E-state index in [0.29, 0.717) is 28.3 Å². The fraction of sp³-hybridized carbons (Fsp3) is 0.500. The molecule has 8 heteroatoms. The maximum Gasteiger partial charge on any atom is 0.433 e. The molecule has 0 radical (unpaired) electrons. The normalized spacial score (nSPS) is 13.5. The Balaban J connectivity index is 2.31. The Morgan fingerprint density at radius 2 is 2.04 bits per heavy atom. The molecule has 2 aromatic rings. The number of fused-ring (bicyclic) bond motifs is 1. The number of hydrogen-bond donors (Lipinski definition) is 2. The predicted octanol–water partition coefficient (Wildman–Crippen LogP) is 3.73. The Morgan fingerprint density at radius 1 is 1.38 bits per heavy atom. The molecule has 24 heavy (non-hydrogen) atoms. The molecule has 0 bridgehead atoms. The molecule has 0 aliphatic carbocycles. The van der Waals surface area contributed by atoms with Crippen LogP contribution in [0.1, 0.15) is 41.2 Å². The van der Waals surface area contributed by atoms with E-state index in [-0.39, 0.29) is 16.8 Å². The van der Waals surface area contributed by atoms with Crippen LogP contribution in [0.2, 0.25) is 0 Å². The lowest BCUT2D eigenvalue weighted by Crippen LogP contribution is -2.40. The summed E-state index contributed by atoms with van der Waals surface area (Å²) < 4.78 is 38.3. The van der Waals surface area contributed by atoms with Gasteiger partial charge in [-0.3, -0.25) is 4.79 Å². The smallest absolute Gasteiger partial charge is 0.347 e. The van der Waals surface area contributed by atoms with Gasteiger partial charge in [-0.1, -0.05) is 13.8 Å². The number of hydrogen-bond acceptors (Lipinski definition) is 4. The monoisotopic (exact) mass is 359 g/mol. The van der Waals surface area contributed by atoms with Gasteiger partial charge in [-0.05, 0) is 37.0 Å². The minimum absolute atomic E-state index is 0.166. The molecular formula is C16H20F3N3OS. The zero-order chi connectivity index (χ0) is 18.1. The van der Waals surface area contributed by atoms with Gasteiger partial charge in [0.1, 0.15) is 10.5 Å². The maximum absolute atomic E-state index is 12.8. The first kappa shape index (κ1) is 18.7. The first-order chi connectivity index (χ1) is 11.1. The summed E-state index contributed by atoms with van der Waals surface area (Å²) in [6.45, 7) is 6.08. The van der Waals surface area contributed by atoms with Crippen LogP contribution in [-0.2, 0) is 6.18 Å². The third-order valence-corrected chi connectivity index (χ3v) is 4.88. The van der Waals surface area contributed by atoms with E-state index in [2.05, 4.69) is 10.3 Å². The molecule has 132 valence electrons. The maximum atomic E-state index is 12.8. The lowest BCUT2D eigenvalue weighted by Gasteiger charge is -2.18. The van der Waals surface area contributed by atoms with Crippen molar-refractivity contribution in [2.24, 2.45) is 11.7 Å². The van der Waals surface area contributed by atoms with E-state index in [9.17, 15) is 18.0 Å². The van der Waals surface area contributed by atoms with Crippen LogP contribution in [0.25, 0.3) is 10.2 Å². The number of nitrogens with zero attached hydrogens (tertiary/aromatic N) is 1. The third-order valence-electron chi connectivity index (χ3n) is 3.68. The van der Waals surface area contributed by atoms with Crippen LogP contribution in [0, 0.1) is 12.8 Å². The number of nitrogens with one attached hydrogen (secondary N) is 1. The van der Waals surface area contributed by atoms with Crippen molar-refractivity contribution in [3.05, 3.63) is 28.3 Å². The summed E-state index contributed by atoms with van der Waals surface area (Å²) in [7, 11) is 0. The molecule has 3 N–H and O–H groups in total. The Labute approximate surface area is 142 Å². The van der Waals surface area contributed by atoms with Crippen LogP contribution in [-0.4, -0.2) is 23.5 Å². The number of nitrogens with two attached hydrogens (primary N) is 1. The molecule has 2 rings (SSSR count). The number of aromatic nitrogens is 1. The van der Waals surface area contributed by atoms with E-state index >= 15 is 0 Å². The van der Waals surface area contributed by atoms with Gasteiger partial charge in [-0.2, -0.15) is 13.2 Å². The number of alkyl halides is 3. The topological polar surface area (TPSA) is 68.0 Å². The Morgan fingerprint density at radius 3 is 2.58 bits per heavy atom. The minimum atomic E-state index is -4.50. The van der Waals surface area contributed by atoms with Crippen molar-refractivity contribution in [1.82, 2.24) is 10.3 Å². The van der Waals surface area contributed by atoms with Crippen molar-refractivity contribution in [3.8, 4) is 0 Å². The lowest BCUT2D eigenvalue weighted by molar-refractivity contribution is -0.140. The fourth-order valence-electron chi connectivity index (χ4n) is 2.51. The zero-order valence-electron chi connectivity index (χ0n) is 13.7. The fourth-order valence-corrected chi connectivity index (χ4v) is 3.59. The molecule has 0 fully saturated rings. The molecule has 0 spiro atoms. The molecule has 0 aromatic carbocycles. The molecule has 0 aliphatic heterocycles. The molecule has 0 aliphatic rings. The summed E-state index contributed by atoms with van der Waals surface area (Å²) >= 11 is 0.970. The quantitative estimate of drug-likeness (QED) is 0.855. The second kappa shape index (κ2) is 7.06. The Hall–Kier alpha value is -1.67. The van der Waals surface area contributed by atoms with Crippen molar-refractivity contribution >= 4 is 27.5 Å². The van der Waals surface area contributed by atoms with Crippen LogP contribution < -0.4 is 11.1 Å². The van der Waals surface area contributed by atoms with E-state index in [1.165, 1.54) is 6.07 Å². The number of rotatable bonds is 5. The molecule has 4 nitrogen and oxygen atoms in total. The van der Waals surface area contributed by atoms with Gasteiger partial charge in [0, 0.05) is 18.0 Å². The highest BCUT2D eigenvalue weighted by Crippen LogP contribution is 2.34. The van der Waals surface area contributed by atoms with E-state index < -0.39 is 11.9 Å². The van der Waals surface area contributed by atoms with E-state index in [4.69, 9.17) is 5.73 Å². The summed E-state index contributed by atoms with van der Waals surface area (Å²) in [5, 5.41) is 3.42. The molecule has 2 aromatic heterocycles. The van der Waals surface area contributed by atoms with Crippen LogP contribution in [0.15, 0.2) is 12.1 Å². The Kier molecular flexibility index (Phi) is 5.49. The van der Waals surface area contributed by atoms with Gasteiger partial charge in [0.05, 0.1) is 4.88 Å². The standard InChI is InChI=1S/C16H20F3N3OS/c1-8(2)6-10(7-20)21-14(23)13-9(3)11-4-5-12(16(17,18)19)22-15(11)24-13/h4-5,8,10H,6-7,20H2,1-3H3,(H,21,23). The summed E-state index contributed by atoms with van der Waals surface area (Å²) in [5.74, 6) is 0.0542. The van der Waals surface area contributed by atoms with Gasteiger partial charge in [-0.15, -0.1) is 11.3 Å². The number of halogens is 3. The van der Waals surface area contributed by atoms with Gasteiger partial charge in [0.2, 0.25) is 0 Å². The third kappa shape index (κ3) is 4.05. The molecule has 1 amide bonds. The summed E-state index contributed by atoms with van der Waals surface area (Å²) in [5.41, 5.74) is 5.36. The van der Waals surface area contributed by atoms with E-state index in [0.717, 1.165) is 23.8 Å². The number of carbonyl (C=O) groups is 1. The summed E-state index contributed by atoms with van der Waals surface area (Å²) in [6.07, 6.45) is -3.76. The number of carbonyl (C=O) groups excluding carboxylic acids is 1. The molecule has 2 heterocycles. The first-order valence-corrected chi connectivity index (χ1v) is 8.43. The largest absolute Gasteiger partial charge is 0.433 e. The van der Waals surface area contributed by atoms with Gasteiger partial charge >= 0.3 is 6.18 Å². The van der Waals surface area contributed by atoms with Crippen molar-refractivity contribution in [2.45, 2.75) is 39.4 Å². The van der Waals surface area contributed by atoms with Gasteiger partial charge in [-0.25, -0.2) is 4.98 Å². The van der Waals surface area contributed by atoms with E-state index in [1.54, 1.807) is 6.92 Å². The average molecular weight is 359 g/mol. The minimum Gasteiger partial charge on any atom is -0.347 e. The Bertz CT molecular complexity index is 740. The van der Waals surface area contributed by atoms with Crippen LogP contribution in [0.4, 0.5) is 13.2 Å². The molecular weight excluding hydrogens is 339 g/mol. The van der Waals surface area contributed by atoms with Gasteiger partial charge in [0.15, 0.2) is 0 Å². The number of amides is 1. The summed E-state index contributed by atoms with van der Waals surface area (Å²) in [4.78, 5) is 16.7. The highest BCUT2D eigenvalue weighted by Gasteiger charge is 2.33. The number of aryl methyl sites for hydroxylation is 1. The summed E-state index contributed by atoms with van der Waals surface area (Å²) in [6, 6.07) is 2.13. The highest BCUT2D eigenvalue weighted by molar-refractivity contribution is 7.20. The molecule has 0 saturated carbocycles. The van der Waals surface area contributed by atoms with Crippen molar-refractivity contribution in [1.29, 1.82) is 0 Å². The van der Waals surface area contributed by atoms with Gasteiger partial charge < -0.3 is 11.1 Å². The van der Waals surface area contributed by atoms with E-state index in [1.807, 2.05) is 13.8 Å². The van der Waals surface area contributed by atoms with Crippen molar-refractivity contribution in [2.75, 3.05) is 6.54 Å². The van der Waals surface area contributed by atoms with Crippen LogP contribution in [0.3, 0.4) is 0 Å². The predicted molar refractivity (Wildman–Crippen MR) is 89.1 cm³/mol. The second-order valence-corrected chi connectivity index (χ2v) is 7.14. The zero-order valence-corrected chi connectivity index (χ0v) is 14.5. The molecule has 1 unspecified atom stereocenters. The molecule has 1 atom stereocenters. The SMILES string of the molecule is Cc1c(C(=O)NC(CN)CC(C)C)sc2nc(C(F)(F)F)ccc12. The average Bonchev–Trinajstić information content (AvgIpc) is 2.82. The van der Waals surface area contributed by atoms with Crippen LogP contribution >= 0.6 is 11.3 Å². The molecule has 0 saturated heterocycles.